The highest BCUT2D eigenvalue weighted by molar-refractivity contribution is 5.67. The van der Waals surface area contributed by atoms with Crippen molar-refractivity contribution < 1.29 is 15.0 Å². The molecule has 1 rings (SSSR count). The number of aryl methyl sites for hydroxylation is 1. The largest absolute Gasteiger partial charge is 0.481 e. The van der Waals surface area contributed by atoms with Gasteiger partial charge in [-0.3, -0.25) is 9.36 Å². The molecular weight excluding hydrogens is 200 g/mol. The van der Waals surface area contributed by atoms with Crippen LogP contribution in [0.15, 0.2) is 17.2 Å². The third kappa shape index (κ3) is 3.51. The lowest BCUT2D eigenvalue weighted by Gasteiger charge is -2.09. The molecule has 1 atom stereocenters. The molecule has 0 saturated heterocycles. The summed E-state index contributed by atoms with van der Waals surface area (Å²) in [6.45, 7) is 1.70. The van der Waals surface area contributed by atoms with Crippen LogP contribution in [0.1, 0.15) is 12.0 Å². The molecule has 0 aromatic carbocycles. The van der Waals surface area contributed by atoms with Crippen molar-refractivity contribution in [3.05, 3.63) is 28.4 Å². The van der Waals surface area contributed by atoms with E-state index in [1.54, 1.807) is 6.92 Å². The minimum atomic E-state index is -1.10. The minimum absolute atomic E-state index is 0.0557. The summed E-state index contributed by atoms with van der Waals surface area (Å²) in [7, 11) is 0. The van der Waals surface area contributed by atoms with Gasteiger partial charge in [-0.05, 0) is 12.5 Å². The predicted molar refractivity (Wildman–Crippen MR) is 51.5 cm³/mol. The van der Waals surface area contributed by atoms with Gasteiger partial charge in [-0.25, -0.2) is 9.78 Å². The number of aliphatic hydroxyl groups excluding tert-OH is 1. The first-order valence-electron chi connectivity index (χ1n) is 4.42. The van der Waals surface area contributed by atoms with Crippen LogP contribution in [0, 0.1) is 6.92 Å². The van der Waals surface area contributed by atoms with Gasteiger partial charge in [-0.2, -0.15) is 0 Å². The van der Waals surface area contributed by atoms with E-state index in [2.05, 4.69) is 4.98 Å². The quantitative estimate of drug-likeness (QED) is 0.694. The number of hydrogen-bond donors (Lipinski definition) is 2. The number of nitrogens with zero attached hydrogens (tertiary/aromatic N) is 2. The van der Waals surface area contributed by atoms with E-state index in [9.17, 15) is 14.7 Å². The van der Waals surface area contributed by atoms with Crippen LogP contribution in [-0.4, -0.2) is 31.8 Å². The number of carboxylic acid groups (broad SMARTS) is 1. The highest BCUT2D eigenvalue weighted by Crippen LogP contribution is 1.96. The fraction of sp³-hybridized carbons (Fsp3) is 0.444. The van der Waals surface area contributed by atoms with E-state index in [1.165, 1.54) is 17.0 Å². The van der Waals surface area contributed by atoms with Gasteiger partial charge < -0.3 is 10.2 Å². The summed E-state index contributed by atoms with van der Waals surface area (Å²) < 4.78 is 1.20. The third-order valence-electron chi connectivity index (χ3n) is 1.80. The Morgan fingerprint density at radius 1 is 1.67 bits per heavy atom. The summed E-state index contributed by atoms with van der Waals surface area (Å²) >= 11 is 0. The number of carbonyl (C=O) groups is 1. The van der Waals surface area contributed by atoms with E-state index in [0.29, 0.717) is 0 Å². The Morgan fingerprint density at radius 2 is 2.33 bits per heavy atom. The Kier molecular flexibility index (Phi) is 3.56. The van der Waals surface area contributed by atoms with E-state index in [1.807, 2.05) is 0 Å². The molecule has 1 heterocycles. The maximum absolute atomic E-state index is 11.2. The average Bonchev–Trinajstić information content (AvgIpc) is 2.10. The zero-order chi connectivity index (χ0) is 11.4. The standard InChI is InChI=1S/C9H12N2O4/c1-6-3-10-9(15)11(4-6)5-7(12)2-8(13)14/h3-4,7,12H,2,5H2,1H3,(H,13,14). The van der Waals surface area contributed by atoms with Crippen LogP contribution < -0.4 is 5.69 Å². The molecule has 0 radical (unpaired) electrons. The molecule has 82 valence electrons. The van der Waals surface area contributed by atoms with Gasteiger partial charge in [0.2, 0.25) is 0 Å². The van der Waals surface area contributed by atoms with Gasteiger partial charge in [0.1, 0.15) is 0 Å². The van der Waals surface area contributed by atoms with E-state index in [0.717, 1.165) is 5.56 Å². The lowest BCUT2D eigenvalue weighted by atomic mass is 10.2. The third-order valence-corrected chi connectivity index (χ3v) is 1.80. The average molecular weight is 212 g/mol. The molecule has 0 aliphatic carbocycles. The van der Waals surface area contributed by atoms with Crippen LogP contribution in [0.25, 0.3) is 0 Å². The van der Waals surface area contributed by atoms with Gasteiger partial charge in [-0.15, -0.1) is 0 Å². The minimum Gasteiger partial charge on any atom is -0.481 e. The molecule has 0 aliphatic rings. The molecule has 1 aromatic heterocycles. The van der Waals surface area contributed by atoms with Gasteiger partial charge in [0.25, 0.3) is 0 Å². The number of aliphatic hydroxyl groups is 1. The fourth-order valence-corrected chi connectivity index (χ4v) is 1.19. The Labute approximate surface area is 85.8 Å². The zero-order valence-electron chi connectivity index (χ0n) is 8.25. The van der Waals surface area contributed by atoms with E-state index in [4.69, 9.17) is 5.11 Å². The van der Waals surface area contributed by atoms with Crippen molar-refractivity contribution in [3.63, 3.8) is 0 Å². The van der Waals surface area contributed by atoms with Crippen LogP contribution in [0.5, 0.6) is 0 Å². The van der Waals surface area contributed by atoms with Gasteiger partial charge in [-0.1, -0.05) is 0 Å². The number of carboxylic acids is 1. The molecule has 0 fully saturated rings. The monoisotopic (exact) mass is 212 g/mol. The van der Waals surface area contributed by atoms with Crippen molar-refractivity contribution in [1.29, 1.82) is 0 Å². The number of aliphatic carboxylic acids is 1. The van der Waals surface area contributed by atoms with Crippen molar-refractivity contribution >= 4 is 5.97 Å². The summed E-state index contributed by atoms with van der Waals surface area (Å²) in [5, 5.41) is 17.7. The number of rotatable bonds is 4. The highest BCUT2D eigenvalue weighted by Gasteiger charge is 2.11. The molecule has 6 heteroatoms. The molecule has 0 saturated carbocycles. The highest BCUT2D eigenvalue weighted by atomic mass is 16.4. The molecule has 6 nitrogen and oxygen atoms in total. The zero-order valence-corrected chi connectivity index (χ0v) is 8.25. The molecule has 2 N–H and O–H groups in total. The first-order chi connectivity index (χ1) is 6.99. The molecule has 1 aromatic rings. The summed E-state index contributed by atoms with van der Waals surface area (Å²) in [5.74, 6) is -1.10. The van der Waals surface area contributed by atoms with E-state index in [-0.39, 0.29) is 13.0 Å². The topological polar surface area (TPSA) is 92.4 Å². The van der Waals surface area contributed by atoms with Gasteiger partial charge in [0.15, 0.2) is 0 Å². The predicted octanol–water partition coefficient (Wildman–Crippen LogP) is -0.613. The summed E-state index contributed by atoms with van der Waals surface area (Å²) in [6.07, 6.45) is 1.48. The Morgan fingerprint density at radius 3 is 2.93 bits per heavy atom. The van der Waals surface area contributed by atoms with Crippen LogP contribution in [-0.2, 0) is 11.3 Å². The normalized spacial score (nSPS) is 12.4. The Hall–Kier alpha value is -1.69. The van der Waals surface area contributed by atoms with Gasteiger partial charge in [0, 0.05) is 12.4 Å². The molecule has 0 amide bonds. The fourth-order valence-electron chi connectivity index (χ4n) is 1.19. The molecule has 0 aliphatic heterocycles. The lowest BCUT2D eigenvalue weighted by Crippen LogP contribution is -2.29. The summed E-state index contributed by atoms with van der Waals surface area (Å²) in [5.41, 5.74) is 0.280. The van der Waals surface area contributed by atoms with Crippen LogP contribution >= 0.6 is 0 Å². The number of aromatic nitrogens is 2. The SMILES string of the molecule is Cc1cnc(=O)n(CC(O)CC(=O)O)c1. The second-order valence-electron chi connectivity index (χ2n) is 3.32. The second kappa shape index (κ2) is 4.70. The molecule has 15 heavy (non-hydrogen) atoms. The molecule has 0 bridgehead atoms. The van der Waals surface area contributed by atoms with Gasteiger partial charge in [0.05, 0.1) is 19.1 Å². The van der Waals surface area contributed by atoms with Gasteiger partial charge >= 0.3 is 11.7 Å². The van der Waals surface area contributed by atoms with Crippen LogP contribution in [0.3, 0.4) is 0 Å². The maximum Gasteiger partial charge on any atom is 0.347 e. The van der Waals surface area contributed by atoms with Crippen LogP contribution in [0.2, 0.25) is 0 Å². The Balaban J connectivity index is 2.76. The summed E-state index contributed by atoms with van der Waals surface area (Å²) in [6, 6.07) is 0. The molecular formula is C9H12N2O4. The first kappa shape index (κ1) is 11.4. The molecule has 0 spiro atoms. The smallest absolute Gasteiger partial charge is 0.347 e. The molecule has 1 unspecified atom stereocenters. The maximum atomic E-state index is 11.2. The number of hydrogen-bond acceptors (Lipinski definition) is 4. The lowest BCUT2D eigenvalue weighted by molar-refractivity contribution is -0.139. The van der Waals surface area contributed by atoms with E-state index < -0.39 is 17.8 Å². The van der Waals surface area contributed by atoms with Crippen molar-refractivity contribution in [2.75, 3.05) is 0 Å². The second-order valence-corrected chi connectivity index (χ2v) is 3.32. The van der Waals surface area contributed by atoms with Crippen molar-refractivity contribution in [2.24, 2.45) is 0 Å². The van der Waals surface area contributed by atoms with Crippen LogP contribution in [0.4, 0.5) is 0 Å². The first-order valence-corrected chi connectivity index (χ1v) is 4.42. The van der Waals surface area contributed by atoms with Crippen molar-refractivity contribution in [2.45, 2.75) is 26.0 Å². The Bertz CT molecular complexity index is 413. The summed E-state index contributed by atoms with van der Waals surface area (Å²) in [4.78, 5) is 25.0. The van der Waals surface area contributed by atoms with E-state index >= 15 is 0 Å². The van der Waals surface area contributed by atoms with Crippen molar-refractivity contribution in [3.8, 4) is 0 Å². The van der Waals surface area contributed by atoms with Crippen molar-refractivity contribution in [1.82, 2.24) is 9.55 Å².